The summed E-state index contributed by atoms with van der Waals surface area (Å²) in [5, 5.41) is 11.6. The number of hydroxylamine groups is 1. The molecule has 2 heterocycles. The third-order valence-corrected chi connectivity index (χ3v) is 10.8. The lowest BCUT2D eigenvalue weighted by molar-refractivity contribution is -0.134. The Morgan fingerprint density at radius 3 is 2.44 bits per heavy atom. The Hall–Kier alpha value is -2.36. The fourth-order valence-electron chi connectivity index (χ4n) is 3.57. The van der Waals surface area contributed by atoms with Crippen LogP contribution >= 0.6 is 11.3 Å². The Labute approximate surface area is 202 Å². The van der Waals surface area contributed by atoms with Crippen molar-refractivity contribution in [2.45, 2.75) is 23.1 Å². The lowest BCUT2D eigenvalue weighted by atomic mass is 10.2. The number of rotatable bonds is 9. The van der Waals surface area contributed by atoms with Gasteiger partial charge >= 0.3 is 0 Å². The second-order valence-electron chi connectivity index (χ2n) is 7.54. The quantitative estimate of drug-likeness (QED) is 0.314. The number of nitrogens with one attached hydrogen (secondary N) is 2. The van der Waals surface area contributed by atoms with Crippen molar-refractivity contribution in [3.05, 3.63) is 42.5 Å². The second kappa shape index (κ2) is 10.9. The molecule has 1 aliphatic rings. The van der Waals surface area contributed by atoms with Gasteiger partial charge in [-0.15, -0.1) is 11.3 Å². The topological polar surface area (TPSA) is 153 Å². The van der Waals surface area contributed by atoms with E-state index in [0.29, 0.717) is 0 Å². The van der Waals surface area contributed by atoms with Gasteiger partial charge in [0, 0.05) is 38.0 Å². The summed E-state index contributed by atoms with van der Waals surface area (Å²) < 4.78 is 54.1. The van der Waals surface area contributed by atoms with Gasteiger partial charge in [0.15, 0.2) is 0 Å². The Balaban J connectivity index is 1.80. The molecule has 14 heteroatoms. The van der Waals surface area contributed by atoms with E-state index in [4.69, 9.17) is 0 Å². The zero-order valence-electron chi connectivity index (χ0n) is 18.4. The van der Waals surface area contributed by atoms with Gasteiger partial charge in [-0.1, -0.05) is 30.3 Å². The number of nitrogens with zero attached hydrogens (tertiary/aromatic N) is 2. The molecule has 1 fully saturated rings. The predicted molar refractivity (Wildman–Crippen MR) is 126 cm³/mol. The molecule has 0 unspecified atom stereocenters. The molecule has 11 nitrogen and oxygen atoms in total. The highest BCUT2D eigenvalue weighted by molar-refractivity contribution is 7.91. The van der Waals surface area contributed by atoms with Gasteiger partial charge in [0.25, 0.3) is 15.9 Å². The maximum Gasteiger partial charge on any atom is 0.263 e. The number of piperazine rings is 1. The van der Waals surface area contributed by atoms with Gasteiger partial charge in [0.05, 0.1) is 5.75 Å². The molecule has 34 heavy (non-hydrogen) atoms. The molecule has 1 saturated heterocycles. The first-order valence-electron chi connectivity index (χ1n) is 10.4. The Morgan fingerprint density at radius 2 is 1.79 bits per heavy atom. The van der Waals surface area contributed by atoms with Crippen LogP contribution in [0.25, 0.3) is 10.4 Å². The van der Waals surface area contributed by atoms with Crippen molar-refractivity contribution in [1.29, 1.82) is 0 Å². The molecule has 186 valence electrons. The van der Waals surface area contributed by atoms with Crippen LogP contribution in [0.4, 0.5) is 0 Å². The predicted octanol–water partition coefficient (Wildman–Crippen LogP) is 0.451. The maximum atomic E-state index is 13.4. The highest BCUT2D eigenvalue weighted by Crippen LogP contribution is 2.33. The van der Waals surface area contributed by atoms with E-state index in [2.05, 4.69) is 5.32 Å². The second-order valence-corrected chi connectivity index (χ2v) is 12.8. The minimum atomic E-state index is -4.15. The van der Waals surface area contributed by atoms with Crippen LogP contribution in [0.2, 0.25) is 0 Å². The average molecular weight is 531 g/mol. The first-order chi connectivity index (χ1) is 16.1. The monoisotopic (exact) mass is 530 g/mol. The molecule has 1 aromatic heterocycles. The van der Waals surface area contributed by atoms with Crippen molar-refractivity contribution >= 4 is 43.2 Å². The smallest absolute Gasteiger partial charge is 0.263 e. The van der Waals surface area contributed by atoms with Crippen LogP contribution < -0.4 is 10.8 Å². The number of carbonyl (C=O) groups is 2. The summed E-state index contributed by atoms with van der Waals surface area (Å²) in [6.07, 6.45) is 0.0988. The first-order valence-corrected chi connectivity index (χ1v) is 14.3. The van der Waals surface area contributed by atoms with Gasteiger partial charge in [-0.2, -0.15) is 8.61 Å². The standard InChI is InChI=1S/C20H26N4O7S3/c1-21-18(25)8-5-13-33(28,29)23-11-12-24(16(14-23)20(26)22-27)34(30,31)19-10-9-17(32-19)15-6-3-2-4-7-15/h2-4,6-7,9-10,16,27H,5,8,11-14H2,1H3,(H,21,25)(H,22,26)/t16-/m1/s1. The molecule has 0 aliphatic carbocycles. The zero-order chi connectivity index (χ0) is 24.9. The van der Waals surface area contributed by atoms with Crippen LogP contribution in [0, 0.1) is 0 Å². The molecule has 0 radical (unpaired) electrons. The first kappa shape index (κ1) is 26.2. The Kier molecular flexibility index (Phi) is 8.43. The van der Waals surface area contributed by atoms with Gasteiger partial charge in [0.2, 0.25) is 15.9 Å². The molecule has 0 saturated carbocycles. The fourth-order valence-corrected chi connectivity index (χ4v) is 8.08. The number of benzene rings is 1. The lowest BCUT2D eigenvalue weighted by Crippen LogP contribution is -2.61. The minimum absolute atomic E-state index is 0.00368. The summed E-state index contributed by atoms with van der Waals surface area (Å²) in [7, 11) is -6.55. The highest BCUT2D eigenvalue weighted by Gasteiger charge is 2.43. The summed E-state index contributed by atoms with van der Waals surface area (Å²) >= 11 is 1.04. The molecule has 3 N–H and O–H groups in total. The molecule has 1 aromatic carbocycles. The van der Waals surface area contributed by atoms with Crippen molar-refractivity contribution in [2.24, 2.45) is 0 Å². The summed E-state index contributed by atoms with van der Waals surface area (Å²) in [5.74, 6) is -1.66. The molecule has 2 aromatic rings. The number of sulfonamides is 2. The summed E-state index contributed by atoms with van der Waals surface area (Å²) in [5.41, 5.74) is 2.28. The van der Waals surface area contributed by atoms with E-state index in [-0.39, 0.29) is 41.8 Å². The third-order valence-electron chi connectivity index (χ3n) is 5.39. The van der Waals surface area contributed by atoms with Crippen molar-refractivity contribution in [3.8, 4) is 10.4 Å². The number of carbonyl (C=O) groups excluding carboxylic acids is 2. The van der Waals surface area contributed by atoms with Crippen molar-refractivity contribution in [2.75, 3.05) is 32.4 Å². The average Bonchev–Trinajstić information content (AvgIpc) is 3.35. The molecule has 0 spiro atoms. The van der Waals surface area contributed by atoms with Crippen LogP contribution in [0.5, 0.6) is 0 Å². The fraction of sp³-hybridized carbons (Fsp3) is 0.400. The van der Waals surface area contributed by atoms with Crippen molar-refractivity contribution < 1.29 is 31.6 Å². The van der Waals surface area contributed by atoms with Crippen LogP contribution in [-0.4, -0.2) is 80.9 Å². The number of thiophene rings is 1. The van der Waals surface area contributed by atoms with Gasteiger partial charge in [-0.3, -0.25) is 14.8 Å². The van der Waals surface area contributed by atoms with E-state index in [9.17, 15) is 31.6 Å². The number of hydrogen-bond acceptors (Lipinski definition) is 8. The largest absolute Gasteiger partial charge is 0.359 e. The lowest BCUT2D eigenvalue weighted by Gasteiger charge is -2.38. The van der Waals surface area contributed by atoms with Gasteiger partial charge in [-0.25, -0.2) is 22.3 Å². The molecular weight excluding hydrogens is 504 g/mol. The van der Waals surface area contributed by atoms with Gasteiger partial charge in [-0.05, 0) is 24.1 Å². The van der Waals surface area contributed by atoms with Crippen LogP contribution in [-0.2, 0) is 29.6 Å². The van der Waals surface area contributed by atoms with Crippen LogP contribution in [0.15, 0.2) is 46.7 Å². The van der Waals surface area contributed by atoms with E-state index in [0.717, 1.165) is 30.4 Å². The Morgan fingerprint density at radius 1 is 1.09 bits per heavy atom. The number of amides is 2. The normalized spacial score (nSPS) is 17.9. The summed E-state index contributed by atoms with van der Waals surface area (Å²) in [6.45, 7) is -0.883. The molecule has 1 atom stereocenters. The van der Waals surface area contributed by atoms with Gasteiger partial charge in [0.1, 0.15) is 10.3 Å². The van der Waals surface area contributed by atoms with E-state index in [1.54, 1.807) is 6.07 Å². The molecule has 1 aliphatic heterocycles. The molecule has 0 bridgehead atoms. The number of hydrogen-bond donors (Lipinski definition) is 3. The zero-order valence-corrected chi connectivity index (χ0v) is 20.8. The van der Waals surface area contributed by atoms with Crippen LogP contribution in [0.1, 0.15) is 12.8 Å². The summed E-state index contributed by atoms with van der Waals surface area (Å²) in [4.78, 5) is 24.4. The van der Waals surface area contributed by atoms with E-state index < -0.39 is 38.5 Å². The molecular formula is C20H26N4O7S3. The minimum Gasteiger partial charge on any atom is -0.359 e. The third kappa shape index (κ3) is 5.82. The molecule has 3 rings (SSSR count). The van der Waals surface area contributed by atoms with E-state index in [1.807, 2.05) is 30.3 Å². The van der Waals surface area contributed by atoms with Crippen molar-refractivity contribution in [3.63, 3.8) is 0 Å². The summed E-state index contributed by atoms with van der Waals surface area (Å²) in [6, 6.07) is 10.9. The maximum absolute atomic E-state index is 13.4. The Bertz CT molecular complexity index is 1230. The van der Waals surface area contributed by atoms with Crippen molar-refractivity contribution in [1.82, 2.24) is 19.4 Å². The van der Waals surface area contributed by atoms with E-state index >= 15 is 0 Å². The van der Waals surface area contributed by atoms with Gasteiger partial charge < -0.3 is 5.32 Å². The van der Waals surface area contributed by atoms with Crippen LogP contribution in [0.3, 0.4) is 0 Å². The van der Waals surface area contributed by atoms with E-state index in [1.165, 1.54) is 18.6 Å². The highest BCUT2D eigenvalue weighted by atomic mass is 32.2. The molecule has 2 amide bonds. The SMILES string of the molecule is CNC(=O)CCCS(=O)(=O)N1CCN(S(=O)(=O)c2ccc(-c3ccccc3)s2)[C@@H](C(=O)NO)C1.